The van der Waals surface area contributed by atoms with Gasteiger partial charge in [0.2, 0.25) is 0 Å². The molecule has 0 saturated heterocycles. The summed E-state index contributed by atoms with van der Waals surface area (Å²) in [6.07, 6.45) is 4.45. The number of halogens is 1. The molecule has 0 saturated carbocycles. The molecular weight excluding hydrogens is 452 g/mol. The Morgan fingerprint density at radius 1 is 1.14 bits per heavy atom. The van der Waals surface area contributed by atoms with Crippen LogP contribution in [0.1, 0.15) is 41.3 Å². The number of aromatic nitrogens is 1. The van der Waals surface area contributed by atoms with Crippen molar-refractivity contribution in [1.29, 1.82) is 0 Å². The number of benzene rings is 2. The molecule has 0 aliphatic heterocycles. The van der Waals surface area contributed by atoms with Crippen molar-refractivity contribution in [1.82, 2.24) is 4.57 Å². The monoisotopic (exact) mass is 472 g/mol. The van der Waals surface area contributed by atoms with E-state index in [2.05, 4.69) is 20.9 Å². The zero-order valence-corrected chi connectivity index (χ0v) is 18.5. The smallest absolute Gasteiger partial charge is 0.326 e. The molecule has 3 aromatic rings. The molecule has 1 aliphatic rings. The molecular formula is C22H21BrN2O3S. The number of fused-ring (bicyclic) bond motifs is 2. The van der Waals surface area contributed by atoms with Gasteiger partial charge in [-0.25, -0.2) is 0 Å². The Morgan fingerprint density at radius 2 is 1.93 bits per heavy atom. The summed E-state index contributed by atoms with van der Waals surface area (Å²) < 4.78 is 8.73. The fraction of sp³-hybridized carbons (Fsp3) is 0.318. The normalized spacial score (nSPS) is 14.1. The Bertz CT molecular complexity index is 1160. The number of hydrogen-bond acceptors (Lipinski definition) is 4. The van der Waals surface area contributed by atoms with Crippen molar-refractivity contribution in [2.45, 2.75) is 39.2 Å². The van der Waals surface area contributed by atoms with Crippen LogP contribution in [0.5, 0.6) is 0 Å². The average Bonchev–Trinajstić information content (AvgIpc) is 3.03. The molecule has 0 atom stereocenters. The molecule has 7 heteroatoms. The molecule has 0 bridgehead atoms. The Labute approximate surface area is 181 Å². The first-order valence-electron chi connectivity index (χ1n) is 9.70. The van der Waals surface area contributed by atoms with Crippen molar-refractivity contribution >= 4 is 49.4 Å². The number of thiazole rings is 1. The van der Waals surface area contributed by atoms with Crippen molar-refractivity contribution < 1.29 is 14.3 Å². The minimum atomic E-state index is -0.349. The van der Waals surface area contributed by atoms with Gasteiger partial charge in [-0.05, 0) is 74.1 Å². The van der Waals surface area contributed by atoms with Gasteiger partial charge in [-0.2, -0.15) is 4.99 Å². The van der Waals surface area contributed by atoms with Gasteiger partial charge in [0, 0.05) is 10.0 Å². The van der Waals surface area contributed by atoms with E-state index in [9.17, 15) is 9.59 Å². The van der Waals surface area contributed by atoms with Gasteiger partial charge in [0.15, 0.2) is 4.80 Å². The van der Waals surface area contributed by atoms with Crippen molar-refractivity contribution in [3.05, 3.63) is 62.4 Å². The number of amides is 1. The van der Waals surface area contributed by atoms with Crippen molar-refractivity contribution in [2.75, 3.05) is 6.61 Å². The zero-order chi connectivity index (χ0) is 20.4. The predicted molar refractivity (Wildman–Crippen MR) is 117 cm³/mol. The minimum absolute atomic E-state index is 0.0196. The molecule has 150 valence electrons. The summed E-state index contributed by atoms with van der Waals surface area (Å²) in [5.41, 5.74) is 4.02. The van der Waals surface area contributed by atoms with Gasteiger partial charge >= 0.3 is 5.97 Å². The quantitative estimate of drug-likeness (QED) is 0.519. The number of aryl methyl sites for hydroxylation is 2. The molecule has 1 aromatic heterocycles. The van der Waals surface area contributed by atoms with Gasteiger partial charge < -0.3 is 9.30 Å². The van der Waals surface area contributed by atoms with E-state index in [1.54, 1.807) is 11.5 Å². The van der Waals surface area contributed by atoms with Crippen LogP contribution in [0, 0.1) is 0 Å². The molecule has 4 rings (SSSR count). The van der Waals surface area contributed by atoms with Gasteiger partial charge in [-0.1, -0.05) is 33.3 Å². The van der Waals surface area contributed by atoms with Crippen LogP contribution in [-0.2, 0) is 28.9 Å². The topological polar surface area (TPSA) is 60.7 Å². The van der Waals surface area contributed by atoms with Crippen molar-refractivity contribution in [2.24, 2.45) is 4.99 Å². The first-order chi connectivity index (χ1) is 14.0. The largest absolute Gasteiger partial charge is 0.465 e. The average molecular weight is 473 g/mol. The molecule has 0 unspecified atom stereocenters. The number of nitrogens with zero attached hydrogens (tertiary/aromatic N) is 2. The summed E-state index contributed by atoms with van der Waals surface area (Å²) in [7, 11) is 0. The highest BCUT2D eigenvalue weighted by Gasteiger charge is 2.15. The third-order valence-electron chi connectivity index (χ3n) is 5.03. The first-order valence-corrected chi connectivity index (χ1v) is 11.3. The van der Waals surface area contributed by atoms with Crippen molar-refractivity contribution in [3.63, 3.8) is 0 Å². The lowest BCUT2D eigenvalue weighted by molar-refractivity contribution is -0.143. The lowest BCUT2D eigenvalue weighted by Crippen LogP contribution is -2.23. The fourth-order valence-electron chi connectivity index (χ4n) is 3.64. The summed E-state index contributed by atoms with van der Waals surface area (Å²) >= 11 is 4.86. The maximum Gasteiger partial charge on any atom is 0.326 e. The summed E-state index contributed by atoms with van der Waals surface area (Å²) in [6.45, 7) is 2.11. The van der Waals surface area contributed by atoms with E-state index < -0.39 is 0 Å². The van der Waals surface area contributed by atoms with Crippen LogP contribution in [-0.4, -0.2) is 23.1 Å². The SMILES string of the molecule is CCOC(=O)Cn1c(=NC(=O)c2ccc3c(c2)CCCC3)sc2cc(Br)ccc21. The second-order valence-electron chi connectivity index (χ2n) is 7.00. The van der Waals surface area contributed by atoms with Gasteiger partial charge in [-0.15, -0.1) is 0 Å². The molecule has 0 fully saturated rings. The lowest BCUT2D eigenvalue weighted by Gasteiger charge is -2.15. The third kappa shape index (κ3) is 4.36. The summed E-state index contributed by atoms with van der Waals surface area (Å²) in [6, 6.07) is 11.7. The van der Waals surface area contributed by atoms with E-state index >= 15 is 0 Å². The second kappa shape index (κ2) is 8.63. The number of carbonyl (C=O) groups is 2. The highest BCUT2D eigenvalue weighted by molar-refractivity contribution is 9.10. The molecule has 1 aliphatic carbocycles. The predicted octanol–water partition coefficient (Wildman–Crippen LogP) is 4.65. The zero-order valence-electron chi connectivity index (χ0n) is 16.1. The Balaban J connectivity index is 1.76. The fourth-order valence-corrected chi connectivity index (χ4v) is 5.22. The number of ether oxygens (including phenoxy) is 1. The number of carbonyl (C=O) groups excluding carboxylic acids is 2. The summed E-state index contributed by atoms with van der Waals surface area (Å²) in [5.74, 6) is -0.639. The van der Waals surface area contributed by atoms with Gasteiger partial charge in [0.1, 0.15) is 6.54 Å². The highest BCUT2D eigenvalue weighted by Crippen LogP contribution is 2.24. The maximum absolute atomic E-state index is 12.9. The lowest BCUT2D eigenvalue weighted by atomic mass is 9.90. The van der Waals surface area contributed by atoms with E-state index in [0.717, 1.165) is 34.0 Å². The molecule has 0 spiro atoms. The van der Waals surface area contributed by atoms with Crippen molar-refractivity contribution in [3.8, 4) is 0 Å². The standard InChI is InChI=1S/C22H21BrN2O3S/c1-2-28-20(26)13-25-18-10-9-17(23)12-19(18)29-22(25)24-21(27)16-8-7-14-5-3-4-6-15(14)11-16/h7-12H,2-6,13H2,1H3. The van der Waals surface area contributed by atoms with Crippen LogP contribution in [0.3, 0.4) is 0 Å². The van der Waals surface area contributed by atoms with Gasteiger partial charge in [0.25, 0.3) is 5.91 Å². The second-order valence-corrected chi connectivity index (χ2v) is 8.92. The van der Waals surface area contributed by atoms with E-state index in [1.165, 1.54) is 28.9 Å². The van der Waals surface area contributed by atoms with Crippen LogP contribution in [0.25, 0.3) is 10.2 Å². The Hall–Kier alpha value is -2.25. The molecule has 0 N–H and O–H groups in total. The third-order valence-corrected chi connectivity index (χ3v) is 6.56. The Kier molecular flexibility index (Phi) is 5.96. The van der Waals surface area contributed by atoms with Gasteiger partial charge in [-0.3, -0.25) is 9.59 Å². The van der Waals surface area contributed by atoms with Crippen LogP contribution in [0.15, 0.2) is 45.9 Å². The van der Waals surface area contributed by atoms with E-state index in [0.29, 0.717) is 17.0 Å². The van der Waals surface area contributed by atoms with Gasteiger partial charge in [0.05, 0.1) is 16.8 Å². The molecule has 1 heterocycles. The highest BCUT2D eigenvalue weighted by atomic mass is 79.9. The molecule has 0 radical (unpaired) electrons. The molecule has 5 nitrogen and oxygen atoms in total. The van der Waals surface area contributed by atoms with E-state index in [1.807, 2.05) is 36.4 Å². The number of esters is 1. The van der Waals surface area contributed by atoms with Crippen LogP contribution in [0.4, 0.5) is 0 Å². The molecule has 2 aromatic carbocycles. The number of rotatable bonds is 4. The summed E-state index contributed by atoms with van der Waals surface area (Å²) in [4.78, 5) is 29.9. The minimum Gasteiger partial charge on any atom is -0.465 e. The summed E-state index contributed by atoms with van der Waals surface area (Å²) in [5, 5.41) is 0. The molecule has 29 heavy (non-hydrogen) atoms. The number of hydrogen-bond donors (Lipinski definition) is 0. The molecule has 1 amide bonds. The van der Waals surface area contributed by atoms with Crippen LogP contribution >= 0.6 is 27.3 Å². The van der Waals surface area contributed by atoms with Crippen LogP contribution < -0.4 is 4.80 Å². The van der Waals surface area contributed by atoms with E-state index in [4.69, 9.17) is 4.74 Å². The van der Waals surface area contributed by atoms with E-state index in [-0.39, 0.29) is 18.4 Å². The maximum atomic E-state index is 12.9. The Morgan fingerprint density at radius 3 is 2.72 bits per heavy atom. The van der Waals surface area contributed by atoms with Crippen LogP contribution in [0.2, 0.25) is 0 Å². The first kappa shape index (κ1) is 20.0.